The summed E-state index contributed by atoms with van der Waals surface area (Å²) in [5.74, 6) is -0.192. The highest BCUT2D eigenvalue weighted by Crippen LogP contribution is 2.36. The lowest BCUT2D eigenvalue weighted by atomic mass is 9.85. The van der Waals surface area contributed by atoms with Crippen LogP contribution in [0.1, 0.15) is 75.8 Å². The summed E-state index contributed by atoms with van der Waals surface area (Å²) in [5.41, 5.74) is 5.56. The number of esters is 1. The Labute approximate surface area is 179 Å². The van der Waals surface area contributed by atoms with Crippen molar-refractivity contribution < 1.29 is 19.7 Å². The summed E-state index contributed by atoms with van der Waals surface area (Å²) in [4.78, 5) is 16.7. The summed E-state index contributed by atoms with van der Waals surface area (Å²) in [5, 5.41) is 19.0. The molecule has 2 aromatic rings. The average Bonchev–Trinajstić information content (AvgIpc) is 2.67. The van der Waals surface area contributed by atoms with Crippen LogP contribution < -0.4 is 0 Å². The minimum absolute atomic E-state index is 0.0718. The number of aromatic nitrogens is 1. The number of aliphatic hydroxyl groups is 2. The molecule has 0 bridgehead atoms. The summed E-state index contributed by atoms with van der Waals surface area (Å²) >= 11 is 0. The fourth-order valence-corrected chi connectivity index (χ4v) is 3.59. The molecule has 0 atom stereocenters. The van der Waals surface area contributed by atoms with Crippen molar-refractivity contribution in [3.05, 3.63) is 46.7 Å². The van der Waals surface area contributed by atoms with Crippen LogP contribution in [0.25, 0.3) is 16.5 Å². The third-order valence-corrected chi connectivity index (χ3v) is 4.78. The van der Waals surface area contributed by atoms with Gasteiger partial charge < -0.3 is 14.9 Å². The van der Waals surface area contributed by atoms with E-state index in [1.807, 2.05) is 32.0 Å². The molecule has 1 aliphatic rings. The number of rotatable bonds is 5. The first-order valence-electron chi connectivity index (χ1n) is 10.7. The van der Waals surface area contributed by atoms with Gasteiger partial charge in [-0.05, 0) is 94.7 Å². The molecule has 0 amide bonds. The number of allylic oxidation sites excluding steroid dienone is 2. The highest BCUT2D eigenvalue weighted by molar-refractivity contribution is 5.95. The van der Waals surface area contributed by atoms with Gasteiger partial charge in [0.25, 0.3) is 0 Å². The van der Waals surface area contributed by atoms with Crippen molar-refractivity contribution in [2.75, 3.05) is 6.61 Å². The molecule has 1 aliphatic carbocycles. The molecule has 0 saturated carbocycles. The van der Waals surface area contributed by atoms with Crippen LogP contribution in [-0.4, -0.2) is 33.4 Å². The zero-order valence-electron chi connectivity index (χ0n) is 18.9. The number of nitrogens with zero attached hydrogens (tertiary/aromatic N) is 1. The number of carbonyl (C=O) groups excluding carboxylic acids is 1. The predicted molar refractivity (Wildman–Crippen MR) is 121 cm³/mol. The maximum Gasteiger partial charge on any atom is 0.310 e. The van der Waals surface area contributed by atoms with Crippen LogP contribution in [0.5, 0.6) is 0 Å². The number of aliphatic hydroxyl groups excluding tert-OH is 1. The Balaban J connectivity index is 0.000000575. The van der Waals surface area contributed by atoms with Crippen LogP contribution in [0.4, 0.5) is 0 Å². The Morgan fingerprint density at radius 1 is 1.23 bits per heavy atom. The van der Waals surface area contributed by atoms with Gasteiger partial charge in [-0.1, -0.05) is 12.1 Å². The van der Waals surface area contributed by atoms with Gasteiger partial charge in [0, 0.05) is 5.39 Å². The van der Waals surface area contributed by atoms with E-state index in [4.69, 9.17) is 9.84 Å². The van der Waals surface area contributed by atoms with Gasteiger partial charge in [0.2, 0.25) is 0 Å². The summed E-state index contributed by atoms with van der Waals surface area (Å²) in [6.45, 7) is 9.40. The summed E-state index contributed by atoms with van der Waals surface area (Å²) in [7, 11) is 0. The van der Waals surface area contributed by atoms with E-state index in [1.165, 1.54) is 18.4 Å². The molecule has 0 saturated heterocycles. The normalized spacial score (nSPS) is 14.0. The van der Waals surface area contributed by atoms with Crippen molar-refractivity contribution in [3.8, 4) is 0 Å². The summed E-state index contributed by atoms with van der Waals surface area (Å²) in [6.07, 6.45) is 7.06. The second-order valence-electron chi connectivity index (χ2n) is 8.70. The fourth-order valence-electron chi connectivity index (χ4n) is 3.59. The molecule has 0 fully saturated rings. The number of hydrogen-bond acceptors (Lipinski definition) is 5. The molecule has 5 nitrogen and oxygen atoms in total. The molecular weight excluding hydrogens is 378 g/mol. The second kappa shape index (κ2) is 10.7. The topological polar surface area (TPSA) is 79.7 Å². The zero-order chi connectivity index (χ0) is 22.3. The van der Waals surface area contributed by atoms with Crippen LogP contribution >= 0.6 is 0 Å². The maximum atomic E-state index is 12.1. The highest BCUT2D eigenvalue weighted by Gasteiger charge is 2.19. The fraction of sp³-hybridized carbons (Fsp3) is 0.520. The SMILES string of the molecule is CC(C)(C)O.CCOC(=O)Cc1c(C)cc2nc(CO)ccc2c1C1=CCCCC1. The Kier molecular flexibility index (Phi) is 8.56. The van der Waals surface area contributed by atoms with Gasteiger partial charge in [-0.25, -0.2) is 0 Å². The van der Waals surface area contributed by atoms with Gasteiger partial charge in [0.05, 0.1) is 36.4 Å². The van der Waals surface area contributed by atoms with E-state index in [1.54, 1.807) is 20.8 Å². The van der Waals surface area contributed by atoms with Crippen molar-refractivity contribution in [2.45, 2.75) is 78.9 Å². The van der Waals surface area contributed by atoms with Crippen molar-refractivity contribution in [3.63, 3.8) is 0 Å². The molecule has 0 spiro atoms. The van der Waals surface area contributed by atoms with E-state index in [2.05, 4.69) is 11.1 Å². The van der Waals surface area contributed by atoms with Crippen LogP contribution in [0.3, 0.4) is 0 Å². The van der Waals surface area contributed by atoms with Crippen molar-refractivity contribution in [1.29, 1.82) is 0 Å². The van der Waals surface area contributed by atoms with E-state index >= 15 is 0 Å². The van der Waals surface area contributed by atoms with Gasteiger partial charge in [0.1, 0.15) is 0 Å². The molecule has 164 valence electrons. The lowest BCUT2D eigenvalue weighted by molar-refractivity contribution is -0.142. The number of hydrogen-bond donors (Lipinski definition) is 2. The lowest BCUT2D eigenvalue weighted by Crippen LogP contribution is -2.12. The summed E-state index contributed by atoms with van der Waals surface area (Å²) < 4.78 is 5.18. The number of benzene rings is 1. The molecule has 30 heavy (non-hydrogen) atoms. The Bertz CT molecular complexity index is 903. The van der Waals surface area contributed by atoms with E-state index in [9.17, 15) is 9.90 Å². The quantitative estimate of drug-likeness (QED) is 0.683. The Morgan fingerprint density at radius 3 is 2.50 bits per heavy atom. The molecule has 0 radical (unpaired) electrons. The lowest BCUT2D eigenvalue weighted by Gasteiger charge is -2.21. The van der Waals surface area contributed by atoms with Crippen molar-refractivity contribution >= 4 is 22.4 Å². The Morgan fingerprint density at radius 2 is 1.93 bits per heavy atom. The average molecular weight is 414 g/mol. The van der Waals surface area contributed by atoms with E-state index in [0.29, 0.717) is 12.3 Å². The maximum absolute atomic E-state index is 12.1. The number of pyridine rings is 1. The van der Waals surface area contributed by atoms with Crippen molar-refractivity contribution in [1.82, 2.24) is 4.98 Å². The first-order chi connectivity index (χ1) is 14.1. The zero-order valence-corrected chi connectivity index (χ0v) is 18.9. The smallest absolute Gasteiger partial charge is 0.310 e. The van der Waals surface area contributed by atoms with E-state index < -0.39 is 5.60 Å². The van der Waals surface area contributed by atoms with Gasteiger partial charge in [-0.15, -0.1) is 0 Å². The molecule has 5 heteroatoms. The first-order valence-corrected chi connectivity index (χ1v) is 10.7. The second-order valence-corrected chi connectivity index (χ2v) is 8.70. The minimum Gasteiger partial charge on any atom is -0.466 e. The number of fused-ring (bicyclic) bond motifs is 1. The molecule has 1 aromatic heterocycles. The largest absolute Gasteiger partial charge is 0.466 e. The predicted octanol–water partition coefficient (Wildman–Crippen LogP) is 4.88. The third-order valence-electron chi connectivity index (χ3n) is 4.78. The molecule has 3 rings (SSSR count). The number of aryl methyl sites for hydroxylation is 1. The molecular formula is C25H35NO4. The summed E-state index contributed by atoms with van der Waals surface area (Å²) in [6, 6.07) is 5.89. The van der Waals surface area contributed by atoms with Gasteiger partial charge in [-0.3, -0.25) is 9.78 Å². The van der Waals surface area contributed by atoms with Gasteiger partial charge in [0.15, 0.2) is 0 Å². The van der Waals surface area contributed by atoms with Gasteiger partial charge >= 0.3 is 5.97 Å². The van der Waals surface area contributed by atoms with Crippen LogP contribution in [0.2, 0.25) is 0 Å². The standard InChI is InChI=1S/C21H25NO3.C4H10O/c1-3-25-20(24)12-18-14(2)11-19-17(10-9-16(13-23)22-19)21(18)15-7-5-4-6-8-15;1-4(2,3)5/h7,9-11,23H,3-6,8,12-13H2,1-2H3;5H,1-3H3. The molecule has 0 aliphatic heterocycles. The number of carbonyl (C=O) groups is 1. The van der Waals surface area contributed by atoms with E-state index in [-0.39, 0.29) is 19.0 Å². The van der Waals surface area contributed by atoms with Crippen LogP contribution in [0.15, 0.2) is 24.3 Å². The monoisotopic (exact) mass is 413 g/mol. The third kappa shape index (κ3) is 6.92. The Hall–Kier alpha value is -2.24. The minimum atomic E-state index is -0.500. The van der Waals surface area contributed by atoms with Crippen LogP contribution in [-0.2, 0) is 22.6 Å². The van der Waals surface area contributed by atoms with E-state index in [0.717, 1.165) is 40.4 Å². The molecule has 2 N–H and O–H groups in total. The molecule has 0 unspecified atom stereocenters. The number of ether oxygens (including phenoxy) is 1. The van der Waals surface area contributed by atoms with Crippen molar-refractivity contribution in [2.24, 2.45) is 0 Å². The van der Waals surface area contributed by atoms with Gasteiger partial charge in [-0.2, -0.15) is 0 Å². The molecule has 1 aromatic carbocycles. The molecule has 1 heterocycles. The first kappa shape index (κ1) is 24.0. The highest BCUT2D eigenvalue weighted by atomic mass is 16.5. The van der Waals surface area contributed by atoms with Crippen LogP contribution in [0, 0.1) is 6.92 Å².